The van der Waals surface area contributed by atoms with Crippen molar-refractivity contribution in [3.8, 4) is 11.5 Å². The van der Waals surface area contributed by atoms with Crippen LogP contribution in [0.15, 0.2) is 33.2 Å². The summed E-state index contributed by atoms with van der Waals surface area (Å²) in [6, 6.07) is 4.10. The number of allylic oxidation sites excluding steroid dienone is 1. The third-order valence-corrected chi connectivity index (χ3v) is 4.38. The first-order valence-electron chi connectivity index (χ1n) is 9.05. The molecule has 0 aliphatic rings. The highest BCUT2D eigenvalue weighted by Crippen LogP contribution is 2.30. The maximum absolute atomic E-state index is 6.05. The van der Waals surface area contributed by atoms with Gasteiger partial charge in [0.2, 0.25) is 0 Å². The lowest BCUT2D eigenvalue weighted by Gasteiger charge is -2.15. The van der Waals surface area contributed by atoms with Gasteiger partial charge >= 0.3 is 0 Å². The van der Waals surface area contributed by atoms with Crippen LogP contribution < -0.4 is 9.47 Å². The van der Waals surface area contributed by atoms with E-state index in [4.69, 9.17) is 14.2 Å². The van der Waals surface area contributed by atoms with Crippen molar-refractivity contribution in [2.45, 2.75) is 47.0 Å². The molecule has 1 rings (SSSR count). The number of hydrogen-bond donors (Lipinski definition) is 0. The molecule has 0 N–H and O–H groups in total. The Labute approximate surface area is 175 Å². The van der Waals surface area contributed by atoms with Crippen LogP contribution in [0.4, 0.5) is 0 Å². The van der Waals surface area contributed by atoms with E-state index in [1.807, 2.05) is 12.1 Å². The zero-order valence-corrected chi connectivity index (χ0v) is 19.4. The van der Waals surface area contributed by atoms with Gasteiger partial charge < -0.3 is 14.2 Å². The number of ether oxygens (including phenoxy) is 3. The van der Waals surface area contributed by atoms with E-state index in [0.29, 0.717) is 19.8 Å². The molecule has 1 aromatic rings. The summed E-state index contributed by atoms with van der Waals surface area (Å²) in [6.07, 6.45) is 6.93. The molecular weight excluding hydrogens is 460 g/mol. The minimum atomic E-state index is 0.515. The van der Waals surface area contributed by atoms with Crippen molar-refractivity contribution in [3.05, 3.63) is 44.4 Å². The average Bonchev–Trinajstić information content (AvgIpc) is 2.57. The van der Waals surface area contributed by atoms with Crippen LogP contribution >= 0.6 is 31.9 Å². The van der Waals surface area contributed by atoms with E-state index in [1.165, 1.54) is 11.1 Å². The Hall–Kier alpha value is -0.780. The third-order valence-electron chi connectivity index (χ3n) is 3.73. The van der Waals surface area contributed by atoms with Crippen molar-refractivity contribution in [1.29, 1.82) is 0 Å². The van der Waals surface area contributed by atoms with Gasteiger partial charge in [-0.2, -0.15) is 0 Å². The van der Waals surface area contributed by atoms with Crippen LogP contribution in [0.25, 0.3) is 0 Å². The topological polar surface area (TPSA) is 27.7 Å². The standard InChI is InChI=1S/C21H30Br2O3/c1-5-18-15-19(25-13-9-20(22)23)14-17(4)21(18)26-11-7-6-10-24-12-8-16(2)3/h8-9,14-15H,5-7,10-13H2,1-4H3. The maximum atomic E-state index is 6.05. The summed E-state index contributed by atoms with van der Waals surface area (Å²) >= 11 is 6.66. The number of benzene rings is 1. The first kappa shape index (κ1) is 23.3. The summed E-state index contributed by atoms with van der Waals surface area (Å²) in [6.45, 7) is 11.1. The van der Waals surface area contributed by atoms with Crippen LogP contribution in [-0.2, 0) is 11.2 Å². The number of halogens is 2. The van der Waals surface area contributed by atoms with Crippen molar-refractivity contribution < 1.29 is 14.2 Å². The predicted molar refractivity (Wildman–Crippen MR) is 117 cm³/mol. The second-order valence-electron chi connectivity index (χ2n) is 6.30. The molecule has 3 nitrogen and oxygen atoms in total. The monoisotopic (exact) mass is 488 g/mol. The van der Waals surface area contributed by atoms with Crippen molar-refractivity contribution in [2.75, 3.05) is 26.4 Å². The second-order valence-corrected chi connectivity index (χ2v) is 9.07. The summed E-state index contributed by atoms with van der Waals surface area (Å²) < 4.78 is 18.3. The van der Waals surface area contributed by atoms with Crippen LogP contribution in [-0.4, -0.2) is 26.4 Å². The molecule has 0 fully saturated rings. The summed E-state index contributed by atoms with van der Waals surface area (Å²) in [5.41, 5.74) is 3.59. The fraction of sp³-hybridized carbons (Fsp3) is 0.524. The van der Waals surface area contributed by atoms with Crippen LogP contribution in [0.5, 0.6) is 11.5 Å². The highest BCUT2D eigenvalue weighted by Gasteiger charge is 2.09. The van der Waals surface area contributed by atoms with Gasteiger partial charge in [0.1, 0.15) is 18.1 Å². The van der Waals surface area contributed by atoms with E-state index in [2.05, 4.69) is 71.7 Å². The largest absolute Gasteiger partial charge is 0.493 e. The average molecular weight is 490 g/mol. The van der Waals surface area contributed by atoms with Gasteiger partial charge in [-0.25, -0.2) is 0 Å². The molecule has 0 spiro atoms. The molecule has 0 aliphatic carbocycles. The van der Waals surface area contributed by atoms with Crippen molar-refractivity contribution in [2.24, 2.45) is 0 Å². The smallest absolute Gasteiger partial charge is 0.125 e. The molecule has 1 aromatic carbocycles. The van der Waals surface area contributed by atoms with E-state index >= 15 is 0 Å². The molecule has 0 amide bonds. The zero-order valence-electron chi connectivity index (χ0n) is 16.2. The number of aryl methyl sites for hydroxylation is 2. The highest BCUT2D eigenvalue weighted by molar-refractivity contribution is 9.28. The first-order chi connectivity index (χ1) is 12.4. The van der Waals surface area contributed by atoms with Gasteiger partial charge in [-0.15, -0.1) is 0 Å². The normalized spacial score (nSPS) is 10.4. The molecule has 0 aromatic heterocycles. The number of hydrogen-bond acceptors (Lipinski definition) is 3. The summed E-state index contributed by atoms with van der Waals surface area (Å²) in [5, 5.41) is 0. The molecule has 0 saturated carbocycles. The van der Waals surface area contributed by atoms with Crippen LogP contribution in [0.3, 0.4) is 0 Å². The molecule has 0 heterocycles. The molecule has 0 radical (unpaired) electrons. The van der Waals surface area contributed by atoms with E-state index in [1.54, 1.807) is 0 Å². The predicted octanol–water partition coefficient (Wildman–Crippen LogP) is 6.71. The number of unbranched alkanes of at least 4 members (excludes halogenated alkanes) is 1. The van der Waals surface area contributed by atoms with Gasteiger partial charge in [0, 0.05) is 6.61 Å². The Morgan fingerprint density at radius 2 is 1.73 bits per heavy atom. The van der Waals surface area contributed by atoms with Gasteiger partial charge in [0.25, 0.3) is 0 Å². The second kappa shape index (κ2) is 13.4. The minimum Gasteiger partial charge on any atom is -0.493 e. The lowest BCUT2D eigenvalue weighted by molar-refractivity contribution is 0.151. The summed E-state index contributed by atoms with van der Waals surface area (Å²) in [4.78, 5) is 0. The van der Waals surface area contributed by atoms with E-state index in [-0.39, 0.29) is 0 Å². The van der Waals surface area contributed by atoms with Gasteiger partial charge in [0.05, 0.1) is 16.6 Å². The zero-order chi connectivity index (χ0) is 19.4. The Morgan fingerprint density at radius 3 is 2.38 bits per heavy atom. The van der Waals surface area contributed by atoms with Gasteiger partial charge in [-0.05, 0) is 101 Å². The third kappa shape index (κ3) is 9.79. The van der Waals surface area contributed by atoms with Crippen LogP contribution in [0.2, 0.25) is 0 Å². The van der Waals surface area contributed by atoms with Gasteiger partial charge in [-0.1, -0.05) is 18.6 Å². The Morgan fingerprint density at radius 1 is 1.00 bits per heavy atom. The van der Waals surface area contributed by atoms with Crippen molar-refractivity contribution >= 4 is 31.9 Å². The molecule has 0 atom stereocenters. The lowest BCUT2D eigenvalue weighted by atomic mass is 10.1. The summed E-state index contributed by atoms with van der Waals surface area (Å²) in [5.74, 6) is 1.86. The van der Waals surface area contributed by atoms with E-state index < -0.39 is 0 Å². The van der Waals surface area contributed by atoms with Gasteiger partial charge in [-0.3, -0.25) is 0 Å². The SMILES string of the molecule is CCc1cc(OCC=C(Br)Br)cc(C)c1OCCCCOCC=C(C)C. The molecule has 26 heavy (non-hydrogen) atoms. The highest BCUT2D eigenvalue weighted by atomic mass is 79.9. The minimum absolute atomic E-state index is 0.515. The molecule has 5 heteroatoms. The molecule has 0 aliphatic heterocycles. The van der Waals surface area contributed by atoms with Gasteiger partial charge in [0.15, 0.2) is 0 Å². The van der Waals surface area contributed by atoms with Crippen LogP contribution in [0.1, 0.15) is 44.7 Å². The fourth-order valence-corrected chi connectivity index (χ4v) is 2.62. The Balaban J connectivity index is 2.46. The Kier molecular flexibility index (Phi) is 12.0. The van der Waals surface area contributed by atoms with Crippen molar-refractivity contribution in [1.82, 2.24) is 0 Å². The van der Waals surface area contributed by atoms with Crippen molar-refractivity contribution in [3.63, 3.8) is 0 Å². The first-order valence-corrected chi connectivity index (χ1v) is 10.6. The molecule has 0 saturated heterocycles. The number of rotatable bonds is 12. The van der Waals surface area contributed by atoms with Crippen LogP contribution in [0, 0.1) is 6.92 Å². The van der Waals surface area contributed by atoms with E-state index in [9.17, 15) is 0 Å². The summed E-state index contributed by atoms with van der Waals surface area (Å²) in [7, 11) is 0. The molecule has 0 bridgehead atoms. The Bertz CT molecular complexity index is 602. The lowest BCUT2D eigenvalue weighted by Crippen LogP contribution is -2.05. The fourth-order valence-electron chi connectivity index (χ4n) is 2.35. The maximum Gasteiger partial charge on any atom is 0.125 e. The molecule has 146 valence electrons. The van der Waals surface area contributed by atoms with E-state index in [0.717, 1.165) is 46.3 Å². The quantitative estimate of drug-likeness (QED) is 0.241. The molecular formula is C21H30Br2O3. The molecule has 0 unspecified atom stereocenters.